The van der Waals surface area contributed by atoms with Crippen molar-refractivity contribution in [1.82, 2.24) is 0 Å². The standard InChI is InChI=1S/C22H25NO6S/c1-6-12-28-22(26)18-14(5)17(21(25)27-7-2)20(30-18)23-19(24)15-8-10-16(11-9-15)29-13(3)4/h6,8-11,13H,1,7,12H2,2-5H3,(H,23,24). The van der Waals surface area contributed by atoms with Crippen LogP contribution >= 0.6 is 11.3 Å². The lowest BCUT2D eigenvalue weighted by molar-refractivity contribution is 0.0527. The summed E-state index contributed by atoms with van der Waals surface area (Å²) >= 11 is 0.967. The molecule has 2 aromatic rings. The lowest BCUT2D eigenvalue weighted by Gasteiger charge is -2.10. The molecule has 1 amide bonds. The van der Waals surface area contributed by atoms with E-state index in [4.69, 9.17) is 14.2 Å². The van der Waals surface area contributed by atoms with Crippen molar-refractivity contribution in [2.75, 3.05) is 18.5 Å². The molecule has 1 aromatic heterocycles. The largest absolute Gasteiger partial charge is 0.491 e. The van der Waals surface area contributed by atoms with Crippen LogP contribution in [-0.4, -0.2) is 37.2 Å². The van der Waals surface area contributed by atoms with E-state index in [-0.39, 0.29) is 34.8 Å². The molecule has 0 unspecified atom stereocenters. The Hall–Kier alpha value is -3.13. The summed E-state index contributed by atoms with van der Waals surface area (Å²) in [6, 6.07) is 6.63. The van der Waals surface area contributed by atoms with Gasteiger partial charge in [0, 0.05) is 5.56 Å². The zero-order chi connectivity index (χ0) is 22.3. The maximum atomic E-state index is 12.7. The number of anilines is 1. The van der Waals surface area contributed by atoms with Crippen LogP contribution in [0.2, 0.25) is 0 Å². The third-order valence-corrected chi connectivity index (χ3v) is 5.05. The first-order chi connectivity index (χ1) is 14.3. The van der Waals surface area contributed by atoms with E-state index in [1.54, 1.807) is 38.1 Å². The monoisotopic (exact) mass is 431 g/mol. The van der Waals surface area contributed by atoms with E-state index >= 15 is 0 Å². The van der Waals surface area contributed by atoms with Crippen molar-refractivity contribution in [3.8, 4) is 5.75 Å². The Morgan fingerprint density at radius 1 is 1.13 bits per heavy atom. The predicted molar refractivity (Wildman–Crippen MR) is 116 cm³/mol. The fraction of sp³-hybridized carbons (Fsp3) is 0.318. The number of carbonyl (C=O) groups excluding carboxylic acids is 3. The molecule has 2 rings (SSSR count). The van der Waals surface area contributed by atoms with Gasteiger partial charge in [0.1, 0.15) is 22.2 Å². The molecule has 0 atom stereocenters. The Bertz CT molecular complexity index is 930. The second kappa shape index (κ2) is 10.6. The van der Waals surface area contributed by atoms with Gasteiger partial charge in [-0.25, -0.2) is 9.59 Å². The van der Waals surface area contributed by atoms with Crippen LogP contribution in [0.15, 0.2) is 36.9 Å². The number of rotatable bonds is 9. The van der Waals surface area contributed by atoms with Crippen LogP contribution in [0.5, 0.6) is 5.75 Å². The van der Waals surface area contributed by atoms with E-state index in [9.17, 15) is 14.4 Å². The van der Waals surface area contributed by atoms with Crippen LogP contribution in [0.3, 0.4) is 0 Å². The summed E-state index contributed by atoms with van der Waals surface area (Å²) in [6.45, 7) is 10.8. The van der Waals surface area contributed by atoms with Crippen LogP contribution in [0.25, 0.3) is 0 Å². The summed E-state index contributed by atoms with van der Waals surface area (Å²) in [4.78, 5) is 37.7. The minimum absolute atomic E-state index is 0.0187. The van der Waals surface area contributed by atoms with Crippen LogP contribution in [0, 0.1) is 6.92 Å². The van der Waals surface area contributed by atoms with E-state index < -0.39 is 17.8 Å². The minimum atomic E-state index is -0.620. The van der Waals surface area contributed by atoms with Gasteiger partial charge in [0.2, 0.25) is 0 Å². The normalized spacial score (nSPS) is 10.4. The Kier molecular flexibility index (Phi) is 8.17. The van der Waals surface area contributed by atoms with Gasteiger partial charge in [0.25, 0.3) is 5.91 Å². The van der Waals surface area contributed by atoms with Crippen molar-refractivity contribution in [2.45, 2.75) is 33.8 Å². The Labute approximate surface area is 179 Å². The van der Waals surface area contributed by atoms with Gasteiger partial charge in [-0.1, -0.05) is 12.7 Å². The fourth-order valence-electron chi connectivity index (χ4n) is 2.58. The van der Waals surface area contributed by atoms with E-state index in [0.29, 0.717) is 16.9 Å². The highest BCUT2D eigenvalue weighted by atomic mass is 32.1. The summed E-state index contributed by atoms with van der Waals surface area (Å²) < 4.78 is 15.7. The van der Waals surface area contributed by atoms with Crippen LogP contribution < -0.4 is 10.1 Å². The molecule has 1 heterocycles. The Balaban J connectivity index is 2.32. The van der Waals surface area contributed by atoms with Gasteiger partial charge in [-0.2, -0.15) is 0 Å². The molecule has 0 saturated carbocycles. The predicted octanol–water partition coefficient (Wildman–Crippen LogP) is 4.62. The van der Waals surface area contributed by atoms with Gasteiger partial charge in [-0.05, 0) is 57.5 Å². The molecule has 0 bridgehead atoms. The van der Waals surface area contributed by atoms with Crippen molar-refractivity contribution in [2.24, 2.45) is 0 Å². The third-order valence-electron chi connectivity index (χ3n) is 3.86. The van der Waals surface area contributed by atoms with Gasteiger partial charge >= 0.3 is 11.9 Å². The highest BCUT2D eigenvalue weighted by Crippen LogP contribution is 2.34. The number of ether oxygens (including phenoxy) is 3. The van der Waals surface area contributed by atoms with Crippen LogP contribution in [0.4, 0.5) is 5.00 Å². The van der Waals surface area contributed by atoms with E-state index in [1.807, 2.05) is 13.8 Å². The van der Waals surface area contributed by atoms with Crippen LogP contribution in [0.1, 0.15) is 56.7 Å². The number of amides is 1. The highest BCUT2D eigenvalue weighted by molar-refractivity contribution is 7.18. The van der Waals surface area contributed by atoms with Gasteiger partial charge in [0.15, 0.2) is 0 Å². The van der Waals surface area contributed by atoms with Crippen molar-refractivity contribution in [1.29, 1.82) is 0 Å². The molecule has 160 valence electrons. The molecule has 0 aliphatic carbocycles. The molecule has 30 heavy (non-hydrogen) atoms. The van der Waals surface area contributed by atoms with E-state index in [2.05, 4.69) is 11.9 Å². The summed E-state index contributed by atoms with van der Waals surface area (Å²) in [5, 5.41) is 2.93. The lowest BCUT2D eigenvalue weighted by atomic mass is 10.1. The lowest BCUT2D eigenvalue weighted by Crippen LogP contribution is -2.15. The number of nitrogens with one attached hydrogen (secondary N) is 1. The molecule has 7 nitrogen and oxygen atoms in total. The Morgan fingerprint density at radius 3 is 2.37 bits per heavy atom. The smallest absolute Gasteiger partial charge is 0.348 e. The van der Waals surface area contributed by atoms with Gasteiger partial charge in [-0.15, -0.1) is 11.3 Å². The maximum absolute atomic E-state index is 12.7. The molecule has 0 spiro atoms. The molecule has 0 aliphatic heterocycles. The average molecular weight is 432 g/mol. The van der Waals surface area contributed by atoms with Crippen molar-refractivity contribution >= 4 is 34.2 Å². The minimum Gasteiger partial charge on any atom is -0.491 e. The molecular weight excluding hydrogens is 406 g/mol. The Morgan fingerprint density at radius 2 is 1.80 bits per heavy atom. The number of esters is 2. The molecular formula is C22H25NO6S. The first kappa shape index (κ1) is 23.2. The zero-order valence-corrected chi connectivity index (χ0v) is 18.3. The molecule has 8 heteroatoms. The number of benzene rings is 1. The maximum Gasteiger partial charge on any atom is 0.348 e. The van der Waals surface area contributed by atoms with E-state index in [1.165, 1.54) is 6.08 Å². The van der Waals surface area contributed by atoms with Crippen molar-refractivity contribution in [3.05, 3.63) is 58.5 Å². The topological polar surface area (TPSA) is 90.9 Å². The first-order valence-corrected chi connectivity index (χ1v) is 10.3. The van der Waals surface area contributed by atoms with Crippen LogP contribution in [-0.2, 0) is 9.47 Å². The quantitative estimate of drug-likeness (QED) is 0.460. The number of carbonyl (C=O) groups is 3. The SMILES string of the molecule is C=CCOC(=O)c1sc(NC(=O)c2ccc(OC(C)C)cc2)c(C(=O)OCC)c1C. The van der Waals surface area contributed by atoms with Gasteiger partial charge < -0.3 is 19.5 Å². The molecule has 0 aliphatic rings. The molecule has 0 fully saturated rings. The van der Waals surface area contributed by atoms with Gasteiger partial charge in [-0.3, -0.25) is 4.79 Å². The van der Waals surface area contributed by atoms with Gasteiger partial charge in [0.05, 0.1) is 18.3 Å². The highest BCUT2D eigenvalue weighted by Gasteiger charge is 2.27. The molecule has 0 saturated heterocycles. The van der Waals surface area contributed by atoms with Crippen molar-refractivity contribution in [3.63, 3.8) is 0 Å². The summed E-state index contributed by atoms with van der Waals surface area (Å²) in [7, 11) is 0. The molecule has 1 N–H and O–H groups in total. The van der Waals surface area contributed by atoms with E-state index in [0.717, 1.165) is 11.3 Å². The second-order valence-corrected chi connectivity index (χ2v) is 7.53. The van der Waals surface area contributed by atoms with Crippen molar-refractivity contribution < 1.29 is 28.6 Å². The number of hydrogen-bond donors (Lipinski definition) is 1. The average Bonchev–Trinajstić information content (AvgIpc) is 3.02. The number of thiophene rings is 1. The summed E-state index contributed by atoms with van der Waals surface area (Å²) in [6.07, 6.45) is 1.47. The fourth-order valence-corrected chi connectivity index (χ4v) is 3.66. The molecule has 1 aromatic carbocycles. The number of hydrogen-bond acceptors (Lipinski definition) is 7. The summed E-state index contributed by atoms with van der Waals surface area (Å²) in [5.41, 5.74) is 0.909. The third kappa shape index (κ3) is 5.70. The summed E-state index contributed by atoms with van der Waals surface area (Å²) in [5.74, 6) is -1.000. The first-order valence-electron chi connectivity index (χ1n) is 9.45. The molecule has 0 radical (unpaired) electrons. The zero-order valence-electron chi connectivity index (χ0n) is 17.4. The second-order valence-electron chi connectivity index (χ2n) is 6.51.